The van der Waals surface area contributed by atoms with Gasteiger partial charge < -0.3 is 5.32 Å². The number of hydrogen-bond acceptors (Lipinski definition) is 3. The molecule has 3 aromatic rings. The van der Waals surface area contributed by atoms with Gasteiger partial charge in [0.25, 0.3) is 5.91 Å². The average molecular weight is 385 g/mol. The predicted molar refractivity (Wildman–Crippen MR) is 114 cm³/mol. The Morgan fingerprint density at radius 2 is 1.50 bits per heavy atom. The van der Waals surface area contributed by atoms with Gasteiger partial charge in [-0.25, -0.2) is 0 Å². The van der Waals surface area contributed by atoms with Gasteiger partial charge in [0.15, 0.2) is 0 Å². The summed E-state index contributed by atoms with van der Waals surface area (Å²) in [6.07, 6.45) is 1.62. The van der Waals surface area contributed by atoms with Gasteiger partial charge >= 0.3 is 0 Å². The zero-order chi connectivity index (χ0) is 19.8. The minimum atomic E-state index is -0.374. The van der Waals surface area contributed by atoms with Crippen LogP contribution in [0.1, 0.15) is 24.1 Å². The van der Waals surface area contributed by atoms with Crippen molar-refractivity contribution in [1.82, 2.24) is 5.32 Å². The van der Waals surface area contributed by atoms with Gasteiger partial charge in [-0.05, 0) is 48.4 Å². The number of amides is 1. The first kappa shape index (κ1) is 19.5. The lowest BCUT2D eigenvalue weighted by molar-refractivity contribution is -0.117. The molecular formula is C24H20N2OS. The van der Waals surface area contributed by atoms with Crippen molar-refractivity contribution in [3.05, 3.63) is 102 Å². The van der Waals surface area contributed by atoms with E-state index >= 15 is 0 Å². The van der Waals surface area contributed by atoms with E-state index in [2.05, 4.69) is 17.4 Å². The highest BCUT2D eigenvalue weighted by atomic mass is 32.2. The van der Waals surface area contributed by atoms with E-state index in [1.165, 1.54) is 0 Å². The van der Waals surface area contributed by atoms with E-state index in [0.29, 0.717) is 0 Å². The average Bonchev–Trinajstić information content (AvgIpc) is 2.74. The first-order valence-electron chi connectivity index (χ1n) is 8.96. The first-order valence-corrected chi connectivity index (χ1v) is 9.78. The molecular weight excluding hydrogens is 364 g/mol. The molecule has 0 spiro atoms. The highest BCUT2D eigenvalue weighted by Gasteiger charge is 2.13. The van der Waals surface area contributed by atoms with Gasteiger partial charge in [0, 0.05) is 9.79 Å². The van der Waals surface area contributed by atoms with Crippen LogP contribution < -0.4 is 5.32 Å². The normalized spacial score (nSPS) is 12.1. The van der Waals surface area contributed by atoms with Crippen LogP contribution in [0.4, 0.5) is 0 Å². The molecule has 0 aliphatic carbocycles. The Kier molecular flexibility index (Phi) is 6.67. The van der Waals surface area contributed by atoms with E-state index in [9.17, 15) is 10.1 Å². The van der Waals surface area contributed by atoms with Gasteiger partial charge in [-0.3, -0.25) is 4.79 Å². The fourth-order valence-electron chi connectivity index (χ4n) is 2.67. The third-order valence-corrected chi connectivity index (χ3v) is 5.20. The van der Waals surface area contributed by atoms with E-state index in [0.717, 1.165) is 20.9 Å². The molecule has 1 amide bonds. The fourth-order valence-corrected chi connectivity index (χ4v) is 3.51. The molecule has 0 saturated carbocycles. The summed E-state index contributed by atoms with van der Waals surface area (Å²) in [4.78, 5) is 14.7. The van der Waals surface area contributed by atoms with Crippen molar-refractivity contribution >= 4 is 23.7 Å². The summed E-state index contributed by atoms with van der Waals surface area (Å²) >= 11 is 1.67. The molecule has 0 aliphatic rings. The molecule has 0 aromatic heterocycles. The molecule has 28 heavy (non-hydrogen) atoms. The lowest BCUT2D eigenvalue weighted by Gasteiger charge is -2.13. The third-order valence-electron chi connectivity index (χ3n) is 4.18. The SMILES string of the molecule is C[C@H](NC(=O)/C(C#N)=C\c1ccc(Sc2ccccc2)cc1)c1ccccc1. The summed E-state index contributed by atoms with van der Waals surface area (Å²) in [5.74, 6) is -0.374. The van der Waals surface area contributed by atoms with Gasteiger partial charge in [0.05, 0.1) is 6.04 Å². The second-order valence-corrected chi connectivity index (χ2v) is 7.41. The minimum absolute atomic E-state index is 0.0891. The molecule has 1 N–H and O–H groups in total. The summed E-state index contributed by atoms with van der Waals surface area (Å²) in [6.45, 7) is 1.90. The standard InChI is InChI=1S/C24H20N2OS/c1-18(20-8-4-2-5-9-20)26-24(27)21(17-25)16-19-12-14-23(15-13-19)28-22-10-6-3-7-11-22/h2-16,18H,1H3,(H,26,27)/b21-16-/t18-/m0/s1. The number of nitrogens with one attached hydrogen (secondary N) is 1. The van der Waals surface area contributed by atoms with E-state index in [4.69, 9.17) is 0 Å². The summed E-state index contributed by atoms with van der Waals surface area (Å²) < 4.78 is 0. The Labute approximate surface area is 169 Å². The smallest absolute Gasteiger partial charge is 0.262 e. The molecule has 4 heteroatoms. The number of carbonyl (C=O) groups is 1. The van der Waals surface area contributed by atoms with Crippen LogP contribution in [0.25, 0.3) is 6.08 Å². The van der Waals surface area contributed by atoms with Crippen LogP contribution in [-0.4, -0.2) is 5.91 Å². The highest BCUT2D eigenvalue weighted by Crippen LogP contribution is 2.27. The summed E-state index contributed by atoms with van der Waals surface area (Å²) in [7, 11) is 0. The van der Waals surface area contributed by atoms with Crippen LogP contribution in [0.15, 0.2) is 100 Å². The first-order chi connectivity index (χ1) is 13.7. The van der Waals surface area contributed by atoms with E-state index in [1.807, 2.05) is 85.8 Å². The van der Waals surface area contributed by atoms with Gasteiger partial charge in [0.1, 0.15) is 11.6 Å². The van der Waals surface area contributed by atoms with Crippen molar-refractivity contribution in [3.63, 3.8) is 0 Å². The molecule has 3 nitrogen and oxygen atoms in total. The van der Waals surface area contributed by atoms with Crippen molar-refractivity contribution in [2.24, 2.45) is 0 Å². The molecule has 0 aliphatic heterocycles. The Balaban J connectivity index is 1.68. The van der Waals surface area contributed by atoms with Crippen LogP contribution >= 0.6 is 11.8 Å². The van der Waals surface area contributed by atoms with Crippen LogP contribution in [0.3, 0.4) is 0 Å². The molecule has 0 fully saturated rings. The monoisotopic (exact) mass is 384 g/mol. The third kappa shape index (κ3) is 5.35. The van der Waals surface area contributed by atoms with E-state index in [-0.39, 0.29) is 17.5 Å². The Morgan fingerprint density at radius 3 is 2.11 bits per heavy atom. The molecule has 1 atom stereocenters. The van der Waals surface area contributed by atoms with Crippen LogP contribution in [0.2, 0.25) is 0 Å². The Morgan fingerprint density at radius 1 is 0.929 bits per heavy atom. The molecule has 3 rings (SSSR count). The van der Waals surface area contributed by atoms with Gasteiger partial charge in [0.2, 0.25) is 0 Å². The van der Waals surface area contributed by atoms with E-state index in [1.54, 1.807) is 17.8 Å². The van der Waals surface area contributed by atoms with Crippen LogP contribution in [0, 0.1) is 11.3 Å². The predicted octanol–water partition coefficient (Wildman–Crippen LogP) is 5.62. The molecule has 0 bridgehead atoms. The Bertz CT molecular complexity index is 990. The fraction of sp³-hybridized carbons (Fsp3) is 0.0833. The van der Waals surface area contributed by atoms with E-state index < -0.39 is 0 Å². The van der Waals surface area contributed by atoms with Crippen LogP contribution in [-0.2, 0) is 4.79 Å². The quantitative estimate of drug-likeness (QED) is 0.443. The molecule has 0 heterocycles. The number of carbonyl (C=O) groups excluding carboxylic acids is 1. The lowest BCUT2D eigenvalue weighted by atomic mass is 10.1. The van der Waals surface area contributed by atoms with Crippen molar-refractivity contribution in [1.29, 1.82) is 5.26 Å². The summed E-state index contributed by atoms with van der Waals surface area (Å²) in [5.41, 5.74) is 1.90. The summed E-state index contributed by atoms with van der Waals surface area (Å²) in [5, 5.41) is 12.3. The Hall–Kier alpha value is -3.29. The number of hydrogen-bond donors (Lipinski definition) is 1. The van der Waals surface area contributed by atoms with Crippen molar-refractivity contribution in [3.8, 4) is 6.07 Å². The maximum absolute atomic E-state index is 12.5. The number of benzene rings is 3. The minimum Gasteiger partial charge on any atom is -0.345 e. The van der Waals surface area contributed by atoms with Crippen molar-refractivity contribution in [2.75, 3.05) is 0 Å². The number of nitrogens with zero attached hydrogens (tertiary/aromatic N) is 1. The zero-order valence-corrected chi connectivity index (χ0v) is 16.3. The maximum Gasteiger partial charge on any atom is 0.262 e. The second kappa shape index (κ2) is 9.59. The number of rotatable bonds is 6. The lowest BCUT2D eigenvalue weighted by Crippen LogP contribution is -2.27. The highest BCUT2D eigenvalue weighted by molar-refractivity contribution is 7.99. The molecule has 0 radical (unpaired) electrons. The second-order valence-electron chi connectivity index (χ2n) is 6.26. The zero-order valence-electron chi connectivity index (χ0n) is 15.5. The summed E-state index contributed by atoms with van der Waals surface area (Å²) in [6, 6.07) is 29.4. The van der Waals surface area contributed by atoms with Gasteiger partial charge in [-0.2, -0.15) is 5.26 Å². The van der Waals surface area contributed by atoms with Gasteiger partial charge in [-0.1, -0.05) is 72.4 Å². The molecule has 3 aromatic carbocycles. The van der Waals surface area contributed by atoms with Gasteiger partial charge in [-0.15, -0.1) is 0 Å². The number of nitriles is 1. The van der Waals surface area contributed by atoms with Crippen LogP contribution in [0.5, 0.6) is 0 Å². The maximum atomic E-state index is 12.5. The topological polar surface area (TPSA) is 52.9 Å². The van der Waals surface area contributed by atoms with Crippen molar-refractivity contribution < 1.29 is 4.79 Å². The van der Waals surface area contributed by atoms with Crippen molar-refractivity contribution in [2.45, 2.75) is 22.8 Å². The molecule has 0 saturated heterocycles. The largest absolute Gasteiger partial charge is 0.345 e. The molecule has 138 valence electrons. The molecule has 0 unspecified atom stereocenters.